The molecule has 13 heteroatoms. The van der Waals surface area contributed by atoms with E-state index in [-0.39, 0.29) is 27.7 Å². The second-order valence-corrected chi connectivity index (χ2v) is 9.51. The van der Waals surface area contributed by atoms with Gasteiger partial charge in [-0.25, -0.2) is 36.0 Å². The number of halogens is 1. The number of nitrogens with zero attached hydrogens (tertiary/aromatic N) is 2. The van der Waals surface area contributed by atoms with Crippen LogP contribution in [0.3, 0.4) is 0 Å². The number of rotatable bonds is 3. The lowest BCUT2D eigenvalue weighted by Gasteiger charge is -2.05. The summed E-state index contributed by atoms with van der Waals surface area (Å²) in [6.07, 6.45) is 0.774. The highest BCUT2D eigenvalue weighted by atomic mass is 32.2. The smallest absolute Gasteiger partial charge is 0.408 e. The van der Waals surface area contributed by atoms with Gasteiger partial charge in [0.2, 0.25) is 15.0 Å². The Morgan fingerprint density at radius 1 is 1.15 bits per heavy atom. The summed E-state index contributed by atoms with van der Waals surface area (Å²) in [5.74, 6) is -1.04. The number of ether oxygens (including phenoxy) is 1. The summed E-state index contributed by atoms with van der Waals surface area (Å²) in [4.78, 5) is 21.6. The van der Waals surface area contributed by atoms with Gasteiger partial charge in [0.25, 0.3) is 0 Å². The SMILES string of the molecule is CNC(=O)Oc1cc(F)cc2c1[nH]c1nc(S(C)(=O)=O)nc(S(C)(=O)=O)c12. The average Bonchev–Trinajstić information content (AvgIpc) is 2.90. The summed E-state index contributed by atoms with van der Waals surface area (Å²) in [5.41, 5.74) is -0.104. The van der Waals surface area contributed by atoms with Crippen LogP contribution in [0.1, 0.15) is 0 Å². The molecule has 27 heavy (non-hydrogen) atoms. The third-order valence-electron chi connectivity index (χ3n) is 3.52. The molecule has 0 aliphatic carbocycles. The number of H-pyrrole nitrogens is 1. The summed E-state index contributed by atoms with van der Waals surface area (Å²) in [7, 11) is -6.64. The Bertz CT molecular complexity index is 1310. The number of benzene rings is 1. The zero-order valence-corrected chi connectivity index (χ0v) is 15.8. The maximum atomic E-state index is 14.0. The molecule has 0 aliphatic rings. The molecule has 0 atom stereocenters. The fourth-order valence-corrected chi connectivity index (χ4v) is 3.85. The molecule has 3 rings (SSSR count). The molecular weight excluding hydrogens is 403 g/mol. The Kier molecular flexibility index (Phi) is 4.31. The van der Waals surface area contributed by atoms with Gasteiger partial charge < -0.3 is 15.0 Å². The van der Waals surface area contributed by atoms with E-state index in [4.69, 9.17) is 4.74 Å². The first kappa shape index (κ1) is 19.0. The van der Waals surface area contributed by atoms with Crippen molar-refractivity contribution in [2.45, 2.75) is 10.2 Å². The van der Waals surface area contributed by atoms with Crippen LogP contribution in [0.5, 0.6) is 5.75 Å². The molecule has 0 radical (unpaired) electrons. The Morgan fingerprint density at radius 3 is 2.37 bits per heavy atom. The van der Waals surface area contributed by atoms with Crippen LogP contribution in [0.25, 0.3) is 21.9 Å². The molecule has 1 amide bonds. The Balaban J connectivity index is 2.51. The molecule has 0 unspecified atom stereocenters. The number of aromatic nitrogens is 3. The standard InChI is InChI=1S/C14H13FN4O6S2/c1-16-14(20)25-8-5-6(15)4-7-9-11(17-10(7)8)18-13(27(3,23)24)19-12(9)26(2,21)22/h4-5H,1-3H3,(H,16,20)(H,17,18,19). The third kappa shape index (κ3) is 3.42. The Labute approximate surface area is 152 Å². The number of aromatic amines is 1. The highest BCUT2D eigenvalue weighted by molar-refractivity contribution is 7.91. The average molecular weight is 416 g/mol. The predicted molar refractivity (Wildman–Crippen MR) is 92.7 cm³/mol. The fourth-order valence-electron chi connectivity index (χ4n) is 2.45. The quantitative estimate of drug-likeness (QED) is 0.470. The first-order valence-electron chi connectivity index (χ1n) is 7.24. The van der Waals surface area contributed by atoms with Gasteiger partial charge in [-0.15, -0.1) is 0 Å². The number of hydrogen-bond acceptors (Lipinski definition) is 8. The van der Waals surface area contributed by atoms with Crippen LogP contribution in [0, 0.1) is 5.82 Å². The monoisotopic (exact) mass is 416 g/mol. The zero-order chi connectivity index (χ0) is 20.1. The lowest BCUT2D eigenvalue weighted by atomic mass is 10.2. The van der Waals surface area contributed by atoms with Gasteiger partial charge in [-0.3, -0.25) is 0 Å². The number of sulfone groups is 2. The van der Waals surface area contributed by atoms with E-state index in [0.717, 1.165) is 24.6 Å². The molecular formula is C14H13FN4O6S2. The molecule has 0 fully saturated rings. The van der Waals surface area contributed by atoms with E-state index >= 15 is 0 Å². The van der Waals surface area contributed by atoms with Crippen molar-refractivity contribution in [3.8, 4) is 5.75 Å². The summed E-state index contributed by atoms with van der Waals surface area (Å²) >= 11 is 0. The maximum Gasteiger partial charge on any atom is 0.412 e. The Hall–Kier alpha value is -2.80. The lowest BCUT2D eigenvalue weighted by Crippen LogP contribution is -2.22. The lowest BCUT2D eigenvalue weighted by molar-refractivity contribution is 0.203. The second-order valence-electron chi connectivity index (χ2n) is 5.67. The van der Waals surface area contributed by atoms with Crippen molar-refractivity contribution in [2.24, 2.45) is 0 Å². The van der Waals surface area contributed by atoms with E-state index in [1.165, 1.54) is 7.05 Å². The summed E-state index contributed by atoms with van der Waals surface area (Å²) in [5, 5.41) is 0.804. The fraction of sp³-hybridized carbons (Fsp3) is 0.214. The molecule has 0 spiro atoms. The van der Waals surface area contributed by atoms with Crippen molar-refractivity contribution in [1.82, 2.24) is 20.3 Å². The van der Waals surface area contributed by atoms with Crippen LogP contribution in [0.15, 0.2) is 22.3 Å². The highest BCUT2D eigenvalue weighted by Gasteiger charge is 2.25. The minimum Gasteiger partial charge on any atom is -0.408 e. The minimum absolute atomic E-state index is 0.0179. The van der Waals surface area contributed by atoms with Crippen LogP contribution in [0.4, 0.5) is 9.18 Å². The molecule has 2 heterocycles. The molecule has 10 nitrogen and oxygen atoms in total. The van der Waals surface area contributed by atoms with E-state index in [1.54, 1.807) is 0 Å². The van der Waals surface area contributed by atoms with Crippen LogP contribution in [-0.2, 0) is 19.7 Å². The van der Waals surface area contributed by atoms with Crippen LogP contribution >= 0.6 is 0 Å². The maximum absolute atomic E-state index is 14.0. The molecule has 0 saturated heterocycles. The number of fused-ring (bicyclic) bond motifs is 3. The van der Waals surface area contributed by atoms with Crippen molar-refractivity contribution < 1.29 is 30.8 Å². The van der Waals surface area contributed by atoms with Gasteiger partial charge in [0.05, 0.1) is 10.9 Å². The van der Waals surface area contributed by atoms with Crippen molar-refractivity contribution >= 4 is 47.7 Å². The largest absolute Gasteiger partial charge is 0.412 e. The second kappa shape index (κ2) is 6.13. The van der Waals surface area contributed by atoms with E-state index in [0.29, 0.717) is 0 Å². The van der Waals surface area contributed by atoms with E-state index in [1.807, 2.05) is 0 Å². The molecule has 144 valence electrons. The van der Waals surface area contributed by atoms with Gasteiger partial charge in [-0.1, -0.05) is 0 Å². The highest BCUT2D eigenvalue weighted by Crippen LogP contribution is 2.35. The number of carbonyl (C=O) groups excluding carboxylic acids is 1. The summed E-state index contributed by atoms with van der Waals surface area (Å²) < 4.78 is 67.0. The molecule has 0 bridgehead atoms. The van der Waals surface area contributed by atoms with E-state index < -0.39 is 41.8 Å². The van der Waals surface area contributed by atoms with Crippen molar-refractivity contribution in [3.63, 3.8) is 0 Å². The van der Waals surface area contributed by atoms with E-state index in [9.17, 15) is 26.0 Å². The van der Waals surface area contributed by atoms with Gasteiger partial charge in [-0.05, 0) is 6.07 Å². The number of hydrogen-bond donors (Lipinski definition) is 2. The molecule has 3 aromatic rings. The Morgan fingerprint density at radius 2 is 1.81 bits per heavy atom. The molecule has 0 aliphatic heterocycles. The molecule has 2 aromatic heterocycles. The van der Waals surface area contributed by atoms with Gasteiger partial charge in [0, 0.05) is 31.0 Å². The third-order valence-corrected chi connectivity index (χ3v) is 5.37. The van der Waals surface area contributed by atoms with Crippen molar-refractivity contribution in [2.75, 3.05) is 19.6 Å². The number of nitrogens with one attached hydrogen (secondary N) is 2. The van der Waals surface area contributed by atoms with Crippen LogP contribution in [0.2, 0.25) is 0 Å². The first-order chi connectivity index (χ1) is 12.4. The van der Waals surface area contributed by atoms with Gasteiger partial charge in [0.1, 0.15) is 11.5 Å². The molecule has 1 aromatic carbocycles. The first-order valence-corrected chi connectivity index (χ1v) is 11.0. The van der Waals surface area contributed by atoms with E-state index in [2.05, 4.69) is 20.3 Å². The molecule has 0 saturated carbocycles. The van der Waals surface area contributed by atoms with Crippen molar-refractivity contribution in [3.05, 3.63) is 17.9 Å². The van der Waals surface area contributed by atoms with Crippen LogP contribution in [-0.4, -0.2) is 57.4 Å². The van der Waals surface area contributed by atoms with Crippen molar-refractivity contribution in [1.29, 1.82) is 0 Å². The van der Waals surface area contributed by atoms with Crippen LogP contribution < -0.4 is 10.1 Å². The number of amides is 1. The summed E-state index contributed by atoms with van der Waals surface area (Å²) in [6, 6.07) is 1.92. The summed E-state index contributed by atoms with van der Waals surface area (Å²) in [6.45, 7) is 0. The van der Waals surface area contributed by atoms with Gasteiger partial charge in [0.15, 0.2) is 20.6 Å². The zero-order valence-electron chi connectivity index (χ0n) is 14.2. The van der Waals surface area contributed by atoms with Gasteiger partial charge >= 0.3 is 6.09 Å². The van der Waals surface area contributed by atoms with Gasteiger partial charge in [-0.2, -0.15) is 0 Å². The molecule has 2 N–H and O–H groups in total. The normalized spacial score (nSPS) is 12.4. The minimum atomic E-state index is -4.01. The predicted octanol–water partition coefficient (Wildman–Crippen LogP) is 0.775. The number of carbonyl (C=O) groups is 1. The topological polar surface area (TPSA) is 148 Å².